The lowest BCUT2D eigenvalue weighted by molar-refractivity contribution is -0.140. The first-order valence-electron chi connectivity index (χ1n) is 36.2. The van der Waals surface area contributed by atoms with Crippen LogP contribution in [0.4, 0.5) is 8.78 Å². The molecule has 6 N–H and O–H groups in total. The minimum atomic E-state index is -1.13. The van der Waals surface area contributed by atoms with E-state index in [-0.39, 0.29) is 73.9 Å². The van der Waals surface area contributed by atoms with Gasteiger partial charge in [-0.25, -0.2) is 18.4 Å². The number of furan rings is 1. The molecule has 0 bridgehead atoms. The van der Waals surface area contributed by atoms with Crippen molar-refractivity contribution in [2.24, 2.45) is 0 Å². The number of carbonyl (C=O) groups is 6. The van der Waals surface area contributed by atoms with Crippen LogP contribution in [-0.4, -0.2) is 121 Å². The molecule has 25 heteroatoms. The maximum atomic E-state index is 14.3. The molecular formula is C90H87F2N3O20. The van der Waals surface area contributed by atoms with Gasteiger partial charge in [-0.3, -0.25) is 19.2 Å². The molecule has 9 aromatic rings. The van der Waals surface area contributed by atoms with Gasteiger partial charge < -0.3 is 83.1 Å². The number of hydrogen-bond acceptors (Lipinski definition) is 17. The third-order valence-electron chi connectivity index (χ3n) is 18.9. The molecule has 0 atom stereocenters. The summed E-state index contributed by atoms with van der Waals surface area (Å²) in [5.74, 6) is -0.370. The fraction of sp³-hybridized carbons (Fsp3) is 0.222. The maximum absolute atomic E-state index is 14.3. The Bertz CT molecular complexity index is 5240. The zero-order chi connectivity index (χ0) is 82.4. The Morgan fingerprint density at radius 3 is 1.06 bits per heavy atom. The first-order valence-corrected chi connectivity index (χ1v) is 36.2. The van der Waals surface area contributed by atoms with Crippen molar-refractivity contribution in [2.45, 2.75) is 66.1 Å². The minimum absolute atomic E-state index is 0.0470. The van der Waals surface area contributed by atoms with Crippen molar-refractivity contribution < 1.29 is 105 Å². The molecule has 0 fully saturated rings. The van der Waals surface area contributed by atoms with Gasteiger partial charge in [0.15, 0.2) is 47.7 Å². The molecular weight excluding hydrogens is 1480 g/mol. The Hall–Kier alpha value is -13.8. The minimum Gasteiger partial charge on any atom is -0.497 e. The van der Waals surface area contributed by atoms with Crippen molar-refractivity contribution in [1.82, 2.24) is 16.0 Å². The smallest absolute Gasteiger partial charge is 0.341 e. The number of ether oxygens (including phenoxy) is 10. The molecule has 0 unspecified atom stereocenters. The number of fused-ring (bicyclic) bond motifs is 3. The Kier molecular flexibility index (Phi) is 28.6. The molecule has 1 heterocycles. The highest BCUT2D eigenvalue weighted by Gasteiger charge is 2.31. The molecule has 3 aliphatic rings. The summed E-state index contributed by atoms with van der Waals surface area (Å²) in [7, 11) is 10.4. The molecule has 0 saturated heterocycles. The van der Waals surface area contributed by atoms with Crippen LogP contribution in [-0.2, 0) is 48.4 Å². The van der Waals surface area contributed by atoms with Crippen molar-refractivity contribution in [2.75, 3.05) is 69.6 Å². The summed E-state index contributed by atoms with van der Waals surface area (Å²) in [4.78, 5) is 71.5. The average molecular weight is 1570 g/mol. The van der Waals surface area contributed by atoms with Crippen LogP contribution in [0.1, 0.15) is 113 Å². The van der Waals surface area contributed by atoms with E-state index < -0.39 is 36.9 Å². The van der Waals surface area contributed by atoms with Crippen LogP contribution in [0.3, 0.4) is 0 Å². The zero-order valence-electron chi connectivity index (χ0n) is 65.0. The molecule has 3 amide bonds. The van der Waals surface area contributed by atoms with E-state index >= 15 is 0 Å². The highest BCUT2D eigenvalue weighted by Crippen LogP contribution is 2.50. The molecule has 3 aliphatic carbocycles. The average Bonchev–Trinajstić information content (AvgIpc) is 1.63. The third kappa shape index (κ3) is 21.2. The van der Waals surface area contributed by atoms with Crippen molar-refractivity contribution in [3.63, 3.8) is 0 Å². The normalized spacial score (nSPS) is 13.3. The number of nitrogens with one attached hydrogen (secondary N) is 3. The number of benzene rings is 8. The SMILES string of the molecule is COc1cc(/C=C2/C(C)=C(CC(=O)NCc3ccccc3)c3cc(F)ccc32)cc(OC)c1OCC(=O)O.COc1cc(/C=C2/C(C)=C(CC(=O)NCc3ccco3)c3cc(F)ccc32)cc(OC)c1OCCC(=O)O.COc1ccc2c(c1)C(CC(=O)NCc1ccccc1)=C(C)/C2=C/c1cc(OC)c(OCC(=O)O)c(OC)c1. The van der Waals surface area contributed by atoms with Crippen molar-refractivity contribution in [1.29, 1.82) is 0 Å². The number of carboxylic acids is 3. The number of halogens is 2. The van der Waals surface area contributed by atoms with Crippen LogP contribution in [0.25, 0.3) is 51.7 Å². The van der Waals surface area contributed by atoms with Gasteiger partial charge in [-0.15, -0.1) is 0 Å². The summed E-state index contributed by atoms with van der Waals surface area (Å²) in [6.07, 6.45) is 7.54. The second-order valence-electron chi connectivity index (χ2n) is 26.3. The summed E-state index contributed by atoms with van der Waals surface area (Å²) in [6, 6.07) is 48.2. The van der Waals surface area contributed by atoms with E-state index in [1.807, 2.05) is 118 Å². The van der Waals surface area contributed by atoms with E-state index in [0.717, 1.165) is 94.7 Å². The van der Waals surface area contributed by atoms with Gasteiger partial charge in [0.05, 0.1) is 94.9 Å². The van der Waals surface area contributed by atoms with Crippen molar-refractivity contribution in [3.05, 3.63) is 265 Å². The third-order valence-corrected chi connectivity index (χ3v) is 18.9. The Labute approximate surface area is 663 Å². The van der Waals surface area contributed by atoms with Crippen molar-refractivity contribution >= 4 is 87.3 Å². The number of methoxy groups -OCH3 is 7. The number of aliphatic carboxylic acids is 3. The zero-order valence-corrected chi connectivity index (χ0v) is 65.0. The quantitative estimate of drug-likeness (QED) is 0.0228. The fourth-order valence-electron chi connectivity index (χ4n) is 13.3. The standard InChI is InChI=1S/C31H31NO7.C30H28FNO6.C29H28FNO7/c1-19-24(12-21-13-27(37-3)31(28(14-21)38-4)39-18-30(34)35)23-11-10-22(36-2)15-26(23)25(19)16-29(33)32-17-20-8-6-5-7-9-20;1-18-23(11-20-12-26(36-2)30(27(13-20)37-3)38-17-29(34)35)22-10-9-21(31)14-25(22)24(18)15-28(33)32-16-19-7-5-4-6-8-19;1-17-22(11-18-12-25(35-2)29(26(13-18)36-3)38-10-8-28(33)34)21-7-6-19(30)14-24(21)23(17)15-27(32)31-16-20-5-4-9-37-20/h5-15H,16-18H2,1-4H3,(H,32,33)(H,34,35);4-14H,15-17H2,1-3H3,(H,32,33)(H,34,35);4-7,9,11-14H,8,10,15-16H2,1-3H3,(H,31,32)(H,33,34)/b24-12-;23-11-;22-11-. The number of hydrogen-bond donors (Lipinski definition) is 6. The molecule has 115 heavy (non-hydrogen) atoms. The molecule has 0 aliphatic heterocycles. The topological polar surface area (TPSA) is 305 Å². The van der Waals surface area contributed by atoms with Gasteiger partial charge >= 0.3 is 17.9 Å². The summed E-state index contributed by atoms with van der Waals surface area (Å²) < 4.78 is 88.5. The van der Waals surface area contributed by atoms with E-state index in [0.29, 0.717) is 81.5 Å². The van der Waals surface area contributed by atoms with Gasteiger partial charge in [-0.1, -0.05) is 78.9 Å². The predicted molar refractivity (Wildman–Crippen MR) is 431 cm³/mol. The lowest BCUT2D eigenvalue weighted by atomic mass is 10.00. The number of carbonyl (C=O) groups excluding carboxylic acids is 3. The molecule has 12 rings (SSSR count). The van der Waals surface area contributed by atoms with Crippen LogP contribution in [0.15, 0.2) is 191 Å². The lowest BCUT2D eigenvalue weighted by Gasteiger charge is -2.15. The van der Waals surface area contributed by atoms with Crippen LogP contribution in [0, 0.1) is 11.6 Å². The van der Waals surface area contributed by atoms with Gasteiger partial charge in [-0.05, 0) is 235 Å². The van der Waals surface area contributed by atoms with E-state index in [1.165, 1.54) is 66.9 Å². The Balaban J connectivity index is 0.000000182. The second kappa shape index (κ2) is 39.4. The lowest BCUT2D eigenvalue weighted by Crippen LogP contribution is -2.22. The van der Waals surface area contributed by atoms with E-state index in [9.17, 15) is 37.5 Å². The first-order chi connectivity index (χ1) is 55.4. The van der Waals surface area contributed by atoms with E-state index in [2.05, 4.69) is 16.0 Å². The summed E-state index contributed by atoms with van der Waals surface area (Å²) >= 11 is 0. The van der Waals surface area contributed by atoms with Gasteiger partial charge in [0.1, 0.15) is 23.1 Å². The van der Waals surface area contributed by atoms with Gasteiger partial charge in [-0.2, -0.15) is 0 Å². The van der Waals surface area contributed by atoms with Crippen LogP contribution < -0.4 is 63.3 Å². The largest absolute Gasteiger partial charge is 0.497 e. The molecule has 1 aromatic heterocycles. The molecule has 596 valence electrons. The van der Waals surface area contributed by atoms with E-state index in [4.69, 9.17) is 67.1 Å². The highest BCUT2D eigenvalue weighted by atomic mass is 19.1. The fourth-order valence-corrected chi connectivity index (χ4v) is 13.3. The predicted octanol–water partition coefficient (Wildman–Crippen LogP) is 15.9. The van der Waals surface area contributed by atoms with Gasteiger partial charge in [0, 0.05) is 13.1 Å². The van der Waals surface area contributed by atoms with E-state index in [1.54, 1.807) is 74.0 Å². The molecule has 0 spiro atoms. The van der Waals surface area contributed by atoms with Gasteiger partial charge in [0.2, 0.25) is 35.0 Å². The summed E-state index contributed by atoms with van der Waals surface area (Å²) in [5, 5.41) is 35.7. The molecule has 23 nitrogen and oxygen atoms in total. The van der Waals surface area contributed by atoms with Crippen LogP contribution >= 0.6 is 0 Å². The maximum Gasteiger partial charge on any atom is 0.341 e. The van der Waals surface area contributed by atoms with Crippen LogP contribution in [0.5, 0.6) is 57.5 Å². The summed E-state index contributed by atoms with van der Waals surface area (Å²) in [6.45, 7) is 5.79. The molecule has 8 aromatic carbocycles. The van der Waals surface area contributed by atoms with Crippen LogP contribution in [0.2, 0.25) is 0 Å². The molecule has 0 saturated carbocycles. The number of allylic oxidation sites excluding steroid dienone is 6. The summed E-state index contributed by atoms with van der Waals surface area (Å²) in [5.41, 5.74) is 16.7. The monoisotopic (exact) mass is 1570 g/mol. The highest BCUT2D eigenvalue weighted by molar-refractivity contribution is 6.11. The van der Waals surface area contributed by atoms with Gasteiger partial charge in [0.25, 0.3) is 0 Å². The number of carboxylic acid groups (broad SMARTS) is 3. The Morgan fingerprint density at radius 1 is 0.383 bits per heavy atom. The molecule has 0 radical (unpaired) electrons. The second-order valence-corrected chi connectivity index (χ2v) is 26.3. The van der Waals surface area contributed by atoms with Crippen molar-refractivity contribution in [3.8, 4) is 57.5 Å². The number of rotatable bonds is 32. The number of amides is 3. The Morgan fingerprint density at radius 2 is 0.730 bits per heavy atom. The first kappa shape index (κ1) is 83.6.